The molecule has 2 rings (SSSR count). The summed E-state index contributed by atoms with van der Waals surface area (Å²) in [4.78, 5) is 0. The molecule has 108 valence electrons. The van der Waals surface area contributed by atoms with Gasteiger partial charge in [-0.1, -0.05) is 53.2 Å². The zero-order valence-corrected chi connectivity index (χ0v) is 12.8. The van der Waals surface area contributed by atoms with E-state index < -0.39 is 0 Å². The molecule has 2 aromatic carbocycles. The third-order valence-corrected chi connectivity index (χ3v) is 3.28. The third-order valence-electron chi connectivity index (χ3n) is 2.75. The van der Waals surface area contributed by atoms with Crippen LogP contribution in [0, 0.1) is 11.8 Å². The van der Waals surface area contributed by atoms with E-state index in [0.717, 1.165) is 11.1 Å². The highest BCUT2D eigenvalue weighted by molar-refractivity contribution is 6.35. The highest BCUT2D eigenvalue weighted by Gasteiger charge is 2.04. The van der Waals surface area contributed by atoms with E-state index in [-0.39, 0.29) is 6.61 Å². The van der Waals surface area contributed by atoms with Gasteiger partial charge in [0.2, 0.25) is 0 Å². The van der Waals surface area contributed by atoms with Gasteiger partial charge in [-0.25, -0.2) is 0 Å². The van der Waals surface area contributed by atoms with Crippen molar-refractivity contribution in [3.8, 4) is 17.6 Å². The Morgan fingerprint density at radius 3 is 2.67 bits per heavy atom. The minimum absolute atomic E-state index is 0.0616. The minimum atomic E-state index is 0.0616. The largest absolute Gasteiger partial charge is 0.487 e. The summed E-state index contributed by atoms with van der Waals surface area (Å²) in [5, 5.41) is 9.82. The Kier molecular flexibility index (Phi) is 5.95. The number of aliphatic hydroxyl groups is 1. The van der Waals surface area contributed by atoms with Crippen LogP contribution in [0.15, 0.2) is 42.5 Å². The van der Waals surface area contributed by atoms with Gasteiger partial charge < -0.3 is 9.84 Å². The normalized spacial score (nSPS) is 9.86. The van der Waals surface area contributed by atoms with Crippen LogP contribution in [0.5, 0.6) is 5.75 Å². The minimum Gasteiger partial charge on any atom is -0.487 e. The van der Waals surface area contributed by atoms with Crippen molar-refractivity contribution in [1.29, 1.82) is 0 Å². The van der Waals surface area contributed by atoms with Crippen LogP contribution in [0.4, 0.5) is 0 Å². The molecule has 4 heteroatoms. The third kappa shape index (κ3) is 4.68. The van der Waals surface area contributed by atoms with Crippen molar-refractivity contribution in [1.82, 2.24) is 0 Å². The Bertz CT molecular complexity index is 672. The Morgan fingerprint density at radius 2 is 1.90 bits per heavy atom. The van der Waals surface area contributed by atoms with Crippen LogP contribution in [0.25, 0.3) is 0 Å². The molecule has 0 aliphatic heterocycles. The highest BCUT2D eigenvalue weighted by Crippen LogP contribution is 2.28. The van der Waals surface area contributed by atoms with Crippen molar-refractivity contribution in [2.75, 3.05) is 6.61 Å². The molecule has 0 saturated carbocycles. The van der Waals surface area contributed by atoms with Crippen molar-refractivity contribution >= 4 is 23.2 Å². The predicted octanol–water partition coefficient (Wildman–Crippen LogP) is 4.31. The maximum atomic E-state index is 8.77. The van der Waals surface area contributed by atoms with Crippen LogP contribution < -0.4 is 4.74 Å². The lowest BCUT2D eigenvalue weighted by Gasteiger charge is -2.09. The molecule has 0 aliphatic rings. The van der Waals surface area contributed by atoms with E-state index in [1.165, 1.54) is 0 Å². The molecule has 0 atom stereocenters. The van der Waals surface area contributed by atoms with Crippen LogP contribution >= 0.6 is 23.2 Å². The first-order chi connectivity index (χ1) is 10.2. The molecular weight excluding hydrogens is 307 g/mol. The molecule has 0 amide bonds. The Labute approximate surface area is 134 Å². The maximum absolute atomic E-state index is 8.77. The molecule has 0 bridgehead atoms. The lowest BCUT2D eigenvalue weighted by Crippen LogP contribution is -1.98. The second-order valence-electron chi connectivity index (χ2n) is 4.30. The van der Waals surface area contributed by atoms with Crippen molar-refractivity contribution in [2.24, 2.45) is 0 Å². The molecule has 1 N–H and O–H groups in total. The number of halogens is 2. The molecule has 0 fully saturated rings. The standard InChI is InChI=1S/C17H14Cl2O2/c18-15-8-9-17(16(19)11-15)21-12-14-7-2-1-5-13(14)6-3-4-10-20/h1-2,5,7-9,11,20H,4,10,12H2. The van der Waals surface area contributed by atoms with Gasteiger partial charge in [0, 0.05) is 22.6 Å². The second-order valence-corrected chi connectivity index (χ2v) is 5.14. The van der Waals surface area contributed by atoms with Gasteiger partial charge in [-0.3, -0.25) is 0 Å². The van der Waals surface area contributed by atoms with E-state index in [2.05, 4.69) is 11.8 Å². The SMILES string of the molecule is OCCC#Cc1ccccc1COc1ccc(Cl)cc1Cl. The molecule has 0 spiro atoms. The fourth-order valence-corrected chi connectivity index (χ4v) is 2.19. The molecule has 0 aliphatic carbocycles. The molecule has 0 aromatic heterocycles. The Balaban J connectivity index is 2.11. The van der Waals surface area contributed by atoms with Gasteiger partial charge in [-0.05, 0) is 24.3 Å². The number of hydrogen-bond donors (Lipinski definition) is 1. The van der Waals surface area contributed by atoms with E-state index in [4.69, 9.17) is 33.0 Å². The molecule has 0 saturated heterocycles. The molecule has 0 heterocycles. The number of ether oxygens (including phenoxy) is 1. The monoisotopic (exact) mass is 320 g/mol. The molecular formula is C17H14Cl2O2. The first-order valence-corrected chi connectivity index (χ1v) is 7.22. The summed E-state index contributed by atoms with van der Waals surface area (Å²) in [5.74, 6) is 6.52. The summed E-state index contributed by atoms with van der Waals surface area (Å²) in [6.07, 6.45) is 0.457. The van der Waals surface area contributed by atoms with Gasteiger partial charge in [0.25, 0.3) is 0 Å². The quantitative estimate of drug-likeness (QED) is 0.851. The molecule has 21 heavy (non-hydrogen) atoms. The molecule has 2 aromatic rings. The van der Waals surface area contributed by atoms with E-state index in [1.54, 1.807) is 18.2 Å². The molecule has 2 nitrogen and oxygen atoms in total. The van der Waals surface area contributed by atoms with Gasteiger partial charge in [-0.2, -0.15) is 0 Å². The van der Waals surface area contributed by atoms with Crippen LogP contribution in [-0.4, -0.2) is 11.7 Å². The Morgan fingerprint density at radius 1 is 1.10 bits per heavy atom. The Hall–Kier alpha value is -1.66. The van der Waals surface area contributed by atoms with Crippen molar-refractivity contribution in [2.45, 2.75) is 13.0 Å². The summed E-state index contributed by atoms with van der Waals surface area (Å²) in [7, 11) is 0. The first-order valence-electron chi connectivity index (χ1n) is 6.46. The topological polar surface area (TPSA) is 29.5 Å². The first kappa shape index (κ1) is 15.7. The second kappa shape index (κ2) is 7.95. The van der Waals surface area contributed by atoms with Crippen LogP contribution in [0.2, 0.25) is 10.0 Å². The van der Waals surface area contributed by atoms with Crippen molar-refractivity contribution in [3.63, 3.8) is 0 Å². The van der Waals surface area contributed by atoms with Gasteiger partial charge >= 0.3 is 0 Å². The maximum Gasteiger partial charge on any atom is 0.138 e. The molecule has 0 radical (unpaired) electrons. The van der Waals surface area contributed by atoms with Gasteiger partial charge in [0.05, 0.1) is 11.6 Å². The van der Waals surface area contributed by atoms with Crippen LogP contribution in [-0.2, 0) is 6.61 Å². The van der Waals surface area contributed by atoms with Crippen LogP contribution in [0.1, 0.15) is 17.5 Å². The van der Waals surface area contributed by atoms with E-state index >= 15 is 0 Å². The van der Waals surface area contributed by atoms with Gasteiger partial charge in [-0.15, -0.1) is 0 Å². The number of hydrogen-bond acceptors (Lipinski definition) is 2. The fourth-order valence-electron chi connectivity index (χ4n) is 1.73. The van der Waals surface area contributed by atoms with Gasteiger partial charge in [0.1, 0.15) is 12.4 Å². The number of rotatable bonds is 4. The number of aliphatic hydroxyl groups excluding tert-OH is 1. The predicted molar refractivity (Wildman–Crippen MR) is 85.8 cm³/mol. The molecule has 0 unspecified atom stereocenters. The van der Waals surface area contributed by atoms with E-state index in [9.17, 15) is 0 Å². The summed E-state index contributed by atoms with van der Waals surface area (Å²) in [5.41, 5.74) is 1.85. The smallest absolute Gasteiger partial charge is 0.138 e. The zero-order valence-electron chi connectivity index (χ0n) is 11.3. The number of benzene rings is 2. The van der Waals surface area contributed by atoms with Crippen molar-refractivity contribution < 1.29 is 9.84 Å². The van der Waals surface area contributed by atoms with E-state index in [1.807, 2.05) is 24.3 Å². The average Bonchev–Trinajstić information content (AvgIpc) is 2.48. The lowest BCUT2D eigenvalue weighted by atomic mass is 10.1. The van der Waals surface area contributed by atoms with E-state index in [0.29, 0.717) is 28.8 Å². The lowest BCUT2D eigenvalue weighted by molar-refractivity contribution is 0.305. The zero-order chi connectivity index (χ0) is 15.1. The summed E-state index contributed by atoms with van der Waals surface area (Å²) < 4.78 is 5.72. The summed E-state index contributed by atoms with van der Waals surface area (Å²) in [6, 6.07) is 12.8. The van der Waals surface area contributed by atoms with Gasteiger partial charge in [0.15, 0.2) is 0 Å². The fraction of sp³-hybridized carbons (Fsp3) is 0.176. The summed E-state index contributed by atoms with van der Waals surface area (Å²) >= 11 is 11.9. The van der Waals surface area contributed by atoms with Crippen molar-refractivity contribution in [3.05, 3.63) is 63.6 Å². The summed E-state index contributed by atoms with van der Waals surface area (Å²) in [6.45, 7) is 0.428. The average molecular weight is 321 g/mol. The highest BCUT2D eigenvalue weighted by atomic mass is 35.5. The van der Waals surface area contributed by atoms with Crippen LogP contribution in [0.3, 0.4) is 0 Å².